The van der Waals surface area contributed by atoms with Gasteiger partial charge < -0.3 is 10.3 Å². The largest absolute Gasteiger partial charge is 0.352 e. The Kier molecular flexibility index (Phi) is 6.28. The van der Waals surface area contributed by atoms with E-state index in [1.165, 1.54) is 19.3 Å². The average molecular weight is 528 g/mol. The molecule has 6 aromatic rings. The number of benzene rings is 1. The third-order valence-electron chi connectivity index (χ3n) is 7.86. The molecule has 7 rings (SSSR count). The molecule has 1 aliphatic carbocycles. The van der Waals surface area contributed by atoms with E-state index in [-0.39, 0.29) is 5.91 Å². The third-order valence-corrected chi connectivity index (χ3v) is 7.86. The number of fused-ring (bicyclic) bond motifs is 2. The summed E-state index contributed by atoms with van der Waals surface area (Å²) in [5.41, 5.74) is 8.07. The lowest BCUT2D eigenvalue weighted by molar-refractivity contribution is -0.117. The number of amides is 1. The smallest absolute Gasteiger partial charge is 0.224 e. The summed E-state index contributed by atoms with van der Waals surface area (Å²) in [6.45, 7) is 0. The fraction of sp³-hybridized carbons (Fsp3) is 0.219. The first kappa shape index (κ1) is 24.2. The summed E-state index contributed by atoms with van der Waals surface area (Å²) in [5.74, 6) is 0.559. The van der Waals surface area contributed by atoms with Gasteiger partial charge in [0.15, 0.2) is 0 Å². The van der Waals surface area contributed by atoms with Crippen molar-refractivity contribution in [1.29, 1.82) is 0 Å². The maximum absolute atomic E-state index is 12.7. The molecule has 0 aliphatic heterocycles. The van der Waals surface area contributed by atoms with Crippen LogP contribution in [-0.2, 0) is 4.79 Å². The van der Waals surface area contributed by atoms with Gasteiger partial charge in [0.25, 0.3) is 0 Å². The van der Waals surface area contributed by atoms with Crippen molar-refractivity contribution in [3.05, 3.63) is 79.5 Å². The molecule has 0 saturated heterocycles. The zero-order chi connectivity index (χ0) is 26.9. The maximum Gasteiger partial charge on any atom is 0.224 e. The van der Waals surface area contributed by atoms with Crippen LogP contribution in [0.25, 0.3) is 55.6 Å². The lowest BCUT2D eigenvalue weighted by atomic mass is 9.87. The van der Waals surface area contributed by atoms with Gasteiger partial charge in [-0.2, -0.15) is 5.10 Å². The highest BCUT2D eigenvalue weighted by atomic mass is 16.1. The van der Waals surface area contributed by atoms with Crippen LogP contribution in [0.1, 0.15) is 38.5 Å². The summed E-state index contributed by atoms with van der Waals surface area (Å²) in [6.07, 6.45) is 15.6. The highest BCUT2D eigenvalue weighted by Gasteiger charge is 2.18. The van der Waals surface area contributed by atoms with Gasteiger partial charge in [-0.1, -0.05) is 31.4 Å². The van der Waals surface area contributed by atoms with E-state index in [0.29, 0.717) is 12.3 Å². The molecular formula is C32H29N7O. The van der Waals surface area contributed by atoms with Gasteiger partial charge in [-0.05, 0) is 60.7 Å². The van der Waals surface area contributed by atoms with E-state index < -0.39 is 0 Å². The molecular weight excluding hydrogens is 498 g/mol. The first-order valence-electron chi connectivity index (χ1n) is 13.8. The molecule has 0 atom stereocenters. The van der Waals surface area contributed by atoms with Gasteiger partial charge in [0.05, 0.1) is 40.5 Å². The average Bonchev–Trinajstić information content (AvgIpc) is 3.62. The molecule has 0 radical (unpaired) electrons. The van der Waals surface area contributed by atoms with E-state index in [4.69, 9.17) is 0 Å². The number of H-pyrrole nitrogens is 2. The van der Waals surface area contributed by atoms with E-state index in [1.807, 2.05) is 55.0 Å². The van der Waals surface area contributed by atoms with Crippen molar-refractivity contribution >= 4 is 33.4 Å². The van der Waals surface area contributed by atoms with Crippen molar-refractivity contribution in [2.45, 2.75) is 38.5 Å². The van der Waals surface area contributed by atoms with Crippen LogP contribution >= 0.6 is 0 Å². The molecule has 0 bridgehead atoms. The molecule has 198 valence electrons. The number of hydrogen-bond donors (Lipinski definition) is 3. The summed E-state index contributed by atoms with van der Waals surface area (Å²) < 4.78 is 0. The molecule has 1 amide bonds. The zero-order valence-corrected chi connectivity index (χ0v) is 22.0. The first-order valence-corrected chi connectivity index (χ1v) is 13.8. The highest BCUT2D eigenvalue weighted by molar-refractivity contribution is 6.01. The number of rotatable bonds is 6. The summed E-state index contributed by atoms with van der Waals surface area (Å²) in [4.78, 5) is 29.5. The molecule has 5 aromatic heterocycles. The molecule has 8 heteroatoms. The maximum atomic E-state index is 12.7. The monoisotopic (exact) mass is 527 g/mol. The molecule has 1 saturated carbocycles. The number of nitrogens with one attached hydrogen (secondary N) is 3. The number of nitrogens with zero attached hydrogens (tertiary/aromatic N) is 4. The Morgan fingerprint density at radius 3 is 2.65 bits per heavy atom. The van der Waals surface area contributed by atoms with Gasteiger partial charge in [0.1, 0.15) is 5.69 Å². The number of aromatic amines is 2. The second kappa shape index (κ2) is 10.4. The van der Waals surface area contributed by atoms with Gasteiger partial charge in [-0.3, -0.25) is 24.8 Å². The SMILES string of the molecule is O=C(CC1CCCCC1)Nc1cncc(-c2ccc3[nH]nc(-c4cc5c(-c6ccccn6)cncc5[nH]4)c3c2)c1. The molecule has 8 nitrogen and oxygen atoms in total. The summed E-state index contributed by atoms with van der Waals surface area (Å²) >= 11 is 0. The van der Waals surface area contributed by atoms with E-state index in [9.17, 15) is 4.79 Å². The highest BCUT2D eigenvalue weighted by Crippen LogP contribution is 2.35. The number of pyridine rings is 3. The van der Waals surface area contributed by atoms with E-state index >= 15 is 0 Å². The van der Waals surface area contributed by atoms with Crippen molar-refractivity contribution < 1.29 is 4.79 Å². The molecule has 3 N–H and O–H groups in total. The van der Waals surface area contributed by atoms with Crippen LogP contribution in [0.2, 0.25) is 0 Å². The van der Waals surface area contributed by atoms with Gasteiger partial charge >= 0.3 is 0 Å². The topological polar surface area (TPSA) is 112 Å². The number of hydrogen-bond acceptors (Lipinski definition) is 5. The summed E-state index contributed by atoms with van der Waals surface area (Å²) in [6, 6.07) is 16.1. The normalized spacial score (nSPS) is 14.1. The van der Waals surface area contributed by atoms with Gasteiger partial charge in [-0.15, -0.1) is 0 Å². The van der Waals surface area contributed by atoms with Crippen molar-refractivity contribution in [1.82, 2.24) is 30.1 Å². The Bertz CT molecular complexity index is 1820. The molecule has 1 aromatic carbocycles. The summed E-state index contributed by atoms with van der Waals surface area (Å²) in [5, 5.41) is 12.9. The molecule has 1 fully saturated rings. The Hall–Kier alpha value is -4.85. The van der Waals surface area contributed by atoms with Crippen LogP contribution in [-0.4, -0.2) is 36.0 Å². The zero-order valence-electron chi connectivity index (χ0n) is 22.0. The lowest BCUT2D eigenvalue weighted by Gasteiger charge is -2.20. The Balaban J connectivity index is 1.19. The number of aromatic nitrogens is 6. The molecule has 40 heavy (non-hydrogen) atoms. The third kappa shape index (κ3) is 4.73. The van der Waals surface area contributed by atoms with Crippen LogP contribution in [0.4, 0.5) is 5.69 Å². The number of carbonyl (C=O) groups is 1. The quantitative estimate of drug-likeness (QED) is 0.213. The predicted molar refractivity (Wildman–Crippen MR) is 157 cm³/mol. The van der Waals surface area contributed by atoms with Crippen LogP contribution in [0, 0.1) is 5.92 Å². The lowest BCUT2D eigenvalue weighted by Crippen LogP contribution is -2.18. The van der Waals surface area contributed by atoms with Crippen LogP contribution in [0.15, 0.2) is 79.5 Å². The minimum Gasteiger partial charge on any atom is -0.352 e. The van der Waals surface area contributed by atoms with Crippen LogP contribution < -0.4 is 5.32 Å². The molecule has 0 spiro atoms. The fourth-order valence-corrected chi connectivity index (χ4v) is 5.84. The van der Waals surface area contributed by atoms with E-state index in [0.717, 1.165) is 74.1 Å². The summed E-state index contributed by atoms with van der Waals surface area (Å²) in [7, 11) is 0. The van der Waals surface area contributed by atoms with Crippen LogP contribution in [0.3, 0.4) is 0 Å². The molecule has 5 heterocycles. The molecule has 0 unspecified atom stereocenters. The number of carbonyl (C=O) groups excluding carboxylic acids is 1. The first-order chi connectivity index (χ1) is 19.7. The van der Waals surface area contributed by atoms with Gasteiger partial charge in [0, 0.05) is 46.9 Å². The van der Waals surface area contributed by atoms with E-state index in [1.54, 1.807) is 12.4 Å². The Morgan fingerprint density at radius 1 is 0.875 bits per heavy atom. The van der Waals surface area contributed by atoms with Gasteiger partial charge in [0.2, 0.25) is 5.91 Å². The minimum absolute atomic E-state index is 0.0665. The Labute approximate surface area is 231 Å². The number of anilines is 1. The second-order valence-corrected chi connectivity index (χ2v) is 10.6. The van der Waals surface area contributed by atoms with Gasteiger partial charge in [-0.25, -0.2) is 0 Å². The second-order valence-electron chi connectivity index (χ2n) is 10.6. The van der Waals surface area contributed by atoms with Crippen molar-refractivity contribution in [2.24, 2.45) is 5.92 Å². The predicted octanol–water partition coefficient (Wildman–Crippen LogP) is 7.14. The Morgan fingerprint density at radius 2 is 1.77 bits per heavy atom. The van der Waals surface area contributed by atoms with Crippen molar-refractivity contribution in [2.75, 3.05) is 5.32 Å². The van der Waals surface area contributed by atoms with E-state index in [2.05, 4.69) is 47.6 Å². The van der Waals surface area contributed by atoms with Crippen molar-refractivity contribution in [3.8, 4) is 33.8 Å². The standard InChI is InChI=1S/C32H29N7O/c40-31(12-20-6-2-1-3-7-20)36-23-13-22(16-33-17-23)21-9-10-28-25(14-21)32(39-38-28)29-15-24-26(18-34-19-30(24)37-29)27-8-4-5-11-35-27/h4-5,8-11,13-20,37H,1-3,6-7,12H2,(H,36,40)(H,38,39). The fourth-order valence-electron chi connectivity index (χ4n) is 5.84. The minimum atomic E-state index is 0.0665. The van der Waals surface area contributed by atoms with Crippen LogP contribution in [0.5, 0.6) is 0 Å². The molecule has 1 aliphatic rings. The van der Waals surface area contributed by atoms with Crippen molar-refractivity contribution in [3.63, 3.8) is 0 Å².